The molecule has 0 aliphatic rings. The van der Waals surface area contributed by atoms with E-state index in [1.807, 2.05) is 0 Å². The molecule has 106 valence electrons. The summed E-state index contributed by atoms with van der Waals surface area (Å²) in [6.07, 6.45) is 0. The maximum absolute atomic E-state index is 12.8. The van der Waals surface area contributed by atoms with Crippen molar-refractivity contribution in [2.24, 2.45) is 0 Å². The highest BCUT2D eigenvalue weighted by Gasteiger charge is 2.29. The first-order chi connectivity index (χ1) is 8.89. The first kappa shape index (κ1) is 15.6. The van der Waals surface area contributed by atoms with Crippen LogP contribution in [0.4, 0.5) is 4.39 Å². The zero-order chi connectivity index (χ0) is 14.5. The molecule has 0 spiro atoms. The SMILES string of the molecule is COCCNC(=O)[C@@H](C)S(=O)(=O)c1ccc(F)cc1. The first-order valence-electron chi connectivity index (χ1n) is 5.65. The molecule has 0 saturated heterocycles. The number of methoxy groups -OCH3 is 1. The number of carbonyl (C=O) groups is 1. The fourth-order valence-electron chi connectivity index (χ4n) is 1.39. The lowest BCUT2D eigenvalue weighted by Crippen LogP contribution is -2.39. The first-order valence-corrected chi connectivity index (χ1v) is 7.20. The average Bonchev–Trinajstić information content (AvgIpc) is 2.38. The van der Waals surface area contributed by atoms with Gasteiger partial charge in [-0.15, -0.1) is 0 Å². The molecule has 1 amide bonds. The van der Waals surface area contributed by atoms with Crippen molar-refractivity contribution >= 4 is 15.7 Å². The van der Waals surface area contributed by atoms with Crippen molar-refractivity contribution < 1.29 is 22.3 Å². The Morgan fingerprint density at radius 3 is 2.47 bits per heavy atom. The van der Waals surface area contributed by atoms with Gasteiger partial charge in [0.1, 0.15) is 11.1 Å². The van der Waals surface area contributed by atoms with E-state index in [1.165, 1.54) is 14.0 Å². The Morgan fingerprint density at radius 1 is 1.37 bits per heavy atom. The van der Waals surface area contributed by atoms with Gasteiger partial charge >= 0.3 is 0 Å². The van der Waals surface area contributed by atoms with Gasteiger partial charge in [0.2, 0.25) is 5.91 Å². The topological polar surface area (TPSA) is 72.5 Å². The van der Waals surface area contributed by atoms with Crippen molar-refractivity contribution in [2.75, 3.05) is 20.3 Å². The molecule has 0 radical (unpaired) electrons. The molecule has 0 heterocycles. The van der Waals surface area contributed by atoms with Gasteiger partial charge in [-0.3, -0.25) is 4.79 Å². The lowest BCUT2D eigenvalue weighted by atomic mass is 10.3. The summed E-state index contributed by atoms with van der Waals surface area (Å²) >= 11 is 0. The number of ether oxygens (including phenoxy) is 1. The van der Waals surface area contributed by atoms with E-state index in [-0.39, 0.29) is 11.4 Å². The van der Waals surface area contributed by atoms with Crippen molar-refractivity contribution in [1.29, 1.82) is 0 Å². The Hall–Kier alpha value is -1.47. The van der Waals surface area contributed by atoms with Crippen LogP contribution in [0.1, 0.15) is 6.92 Å². The Balaban J connectivity index is 2.82. The van der Waals surface area contributed by atoms with Gasteiger partial charge < -0.3 is 10.1 Å². The van der Waals surface area contributed by atoms with E-state index in [2.05, 4.69) is 5.32 Å². The van der Waals surface area contributed by atoms with Gasteiger partial charge in [-0.05, 0) is 31.2 Å². The minimum Gasteiger partial charge on any atom is -0.383 e. The predicted molar refractivity (Wildman–Crippen MR) is 67.9 cm³/mol. The number of amides is 1. The van der Waals surface area contributed by atoms with E-state index in [1.54, 1.807) is 0 Å². The summed E-state index contributed by atoms with van der Waals surface area (Å²) in [4.78, 5) is 11.6. The summed E-state index contributed by atoms with van der Waals surface area (Å²) in [5, 5.41) is 1.21. The third kappa shape index (κ3) is 4.00. The molecule has 1 aromatic rings. The largest absolute Gasteiger partial charge is 0.383 e. The molecular weight excluding hydrogens is 273 g/mol. The molecule has 0 aliphatic carbocycles. The van der Waals surface area contributed by atoms with Crippen molar-refractivity contribution in [3.8, 4) is 0 Å². The Labute approximate surface area is 111 Å². The standard InChI is InChI=1S/C12H16FNO4S/c1-9(12(15)14-7-8-18-2)19(16,17)11-5-3-10(13)4-6-11/h3-6,9H,7-8H2,1-2H3,(H,14,15)/t9-/m1/s1. The highest BCUT2D eigenvalue weighted by molar-refractivity contribution is 7.92. The molecule has 1 aromatic carbocycles. The molecule has 1 rings (SSSR count). The zero-order valence-corrected chi connectivity index (χ0v) is 11.5. The van der Waals surface area contributed by atoms with Gasteiger partial charge in [0.15, 0.2) is 9.84 Å². The monoisotopic (exact) mass is 289 g/mol. The molecule has 7 heteroatoms. The second-order valence-electron chi connectivity index (χ2n) is 3.92. The van der Waals surface area contributed by atoms with Crippen LogP contribution in [0, 0.1) is 5.82 Å². The van der Waals surface area contributed by atoms with E-state index in [0.29, 0.717) is 6.61 Å². The van der Waals surface area contributed by atoms with Crippen LogP contribution in [0.3, 0.4) is 0 Å². The summed E-state index contributed by atoms with van der Waals surface area (Å²) in [6.45, 7) is 1.83. The maximum atomic E-state index is 12.8. The van der Waals surface area contributed by atoms with Crippen molar-refractivity contribution in [2.45, 2.75) is 17.1 Å². The summed E-state index contributed by atoms with van der Waals surface area (Å²) in [5.74, 6) is -1.14. The average molecular weight is 289 g/mol. The van der Waals surface area contributed by atoms with Gasteiger partial charge in [-0.25, -0.2) is 12.8 Å². The number of nitrogens with one attached hydrogen (secondary N) is 1. The predicted octanol–water partition coefficient (Wildman–Crippen LogP) is 0.750. The molecular formula is C12H16FNO4S. The highest BCUT2D eigenvalue weighted by Crippen LogP contribution is 2.16. The summed E-state index contributed by atoms with van der Waals surface area (Å²) < 4.78 is 41.7. The molecule has 0 bridgehead atoms. The molecule has 0 saturated carbocycles. The minimum absolute atomic E-state index is 0.0803. The van der Waals surface area contributed by atoms with E-state index in [9.17, 15) is 17.6 Å². The number of sulfone groups is 1. The van der Waals surface area contributed by atoms with Gasteiger partial charge in [0, 0.05) is 13.7 Å². The van der Waals surface area contributed by atoms with E-state index < -0.39 is 26.8 Å². The lowest BCUT2D eigenvalue weighted by Gasteiger charge is -2.13. The fraction of sp³-hybridized carbons (Fsp3) is 0.417. The normalized spacial score (nSPS) is 13.0. The number of halogens is 1. The number of carbonyl (C=O) groups excluding carboxylic acids is 1. The van der Waals surface area contributed by atoms with E-state index in [0.717, 1.165) is 24.3 Å². The lowest BCUT2D eigenvalue weighted by molar-refractivity contribution is -0.120. The van der Waals surface area contributed by atoms with Crippen molar-refractivity contribution in [3.05, 3.63) is 30.1 Å². The molecule has 1 atom stereocenters. The Bertz CT molecular complexity index is 527. The molecule has 0 fully saturated rings. The van der Waals surface area contributed by atoms with Crippen LogP contribution in [0.5, 0.6) is 0 Å². The minimum atomic E-state index is -3.81. The summed E-state index contributed by atoms with van der Waals surface area (Å²) in [7, 11) is -2.33. The van der Waals surface area contributed by atoms with Gasteiger partial charge in [-0.2, -0.15) is 0 Å². The molecule has 0 aliphatic heterocycles. The fourth-order valence-corrected chi connectivity index (χ4v) is 2.68. The van der Waals surface area contributed by atoms with Crippen LogP contribution in [-0.4, -0.2) is 39.8 Å². The van der Waals surface area contributed by atoms with Crippen molar-refractivity contribution in [3.63, 3.8) is 0 Å². The number of rotatable bonds is 6. The van der Waals surface area contributed by atoms with Crippen LogP contribution < -0.4 is 5.32 Å². The van der Waals surface area contributed by atoms with Crippen LogP contribution >= 0.6 is 0 Å². The maximum Gasteiger partial charge on any atom is 0.238 e. The van der Waals surface area contributed by atoms with Gasteiger partial charge in [0.05, 0.1) is 11.5 Å². The Kier molecular flexibility index (Phi) is 5.44. The quantitative estimate of drug-likeness (QED) is 0.619. The third-order valence-electron chi connectivity index (χ3n) is 2.58. The molecule has 5 nitrogen and oxygen atoms in total. The second-order valence-corrected chi connectivity index (χ2v) is 6.19. The van der Waals surface area contributed by atoms with Crippen LogP contribution in [0.2, 0.25) is 0 Å². The van der Waals surface area contributed by atoms with Crippen LogP contribution in [-0.2, 0) is 19.4 Å². The summed E-state index contributed by atoms with van der Waals surface area (Å²) in [6, 6.07) is 4.37. The van der Waals surface area contributed by atoms with Gasteiger partial charge in [-0.1, -0.05) is 0 Å². The molecule has 0 aromatic heterocycles. The van der Waals surface area contributed by atoms with Crippen LogP contribution in [0.25, 0.3) is 0 Å². The van der Waals surface area contributed by atoms with Crippen LogP contribution in [0.15, 0.2) is 29.2 Å². The number of benzene rings is 1. The zero-order valence-electron chi connectivity index (χ0n) is 10.7. The second kappa shape index (κ2) is 6.63. The van der Waals surface area contributed by atoms with Crippen molar-refractivity contribution in [1.82, 2.24) is 5.32 Å². The highest BCUT2D eigenvalue weighted by atomic mass is 32.2. The summed E-state index contributed by atoms with van der Waals surface area (Å²) in [5.41, 5.74) is 0. The Morgan fingerprint density at radius 2 is 1.95 bits per heavy atom. The van der Waals surface area contributed by atoms with Gasteiger partial charge in [0.25, 0.3) is 0 Å². The molecule has 0 unspecified atom stereocenters. The van der Waals surface area contributed by atoms with E-state index in [4.69, 9.17) is 4.74 Å². The number of hydrogen-bond donors (Lipinski definition) is 1. The smallest absolute Gasteiger partial charge is 0.238 e. The third-order valence-corrected chi connectivity index (χ3v) is 4.66. The van der Waals surface area contributed by atoms with E-state index >= 15 is 0 Å². The molecule has 1 N–H and O–H groups in total. The molecule has 19 heavy (non-hydrogen) atoms. The number of hydrogen-bond acceptors (Lipinski definition) is 4.